The average Bonchev–Trinajstić information content (AvgIpc) is 2.26. The normalized spacial score (nSPS) is 10.3. The van der Waals surface area contributed by atoms with E-state index < -0.39 is 0 Å². The summed E-state index contributed by atoms with van der Waals surface area (Å²) < 4.78 is 5.63. The van der Waals surface area contributed by atoms with Gasteiger partial charge in [-0.1, -0.05) is 12.1 Å². The molecule has 0 spiro atoms. The van der Waals surface area contributed by atoms with Crippen LogP contribution in [0.5, 0.6) is 5.75 Å². The van der Waals surface area contributed by atoms with E-state index in [4.69, 9.17) is 4.74 Å². The summed E-state index contributed by atoms with van der Waals surface area (Å²) in [6.45, 7) is 0.758. The molecular weight excluding hydrogens is 173 g/mol. The predicted octanol–water partition coefficient (Wildman–Crippen LogP) is 1.66. The third kappa shape index (κ3) is 1.71. The van der Waals surface area contributed by atoms with E-state index in [-0.39, 0.29) is 0 Å². The van der Waals surface area contributed by atoms with Gasteiger partial charge in [-0.05, 0) is 24.5 Å². The maximum atomic E-state index is 5.63. The van der Waals surface area contributed by atoms with E-state index >= 15 is 0 Å². The molecule has 2 nitrogen and oxygen atoms in total. The van der Waals surface area contributed by atoms with Gasteiger partial charge in [-0.3, -0.25) is 4.98 Å². The molecule has 70 valence electrons. The molecule has 0 fully saturated rings. The van der Waals surface area contributed by atoms with E-state index in [2.05, 4.69) is 12.8 Å². The second-order valence-electron chi connectivity index (χ2n) is 3.17. The third-order valence-corrected chi connectivity index (χ3v) is 2.07. The Kier molecular flexibility index (Phi) is 2.68. The Bertz CT molecular complexity index is 425. The molecule has 1 aromatic heterocycles. The van der Waals surface area contributed by atoms with Crippen molar-refractivity contribution in [2.45, 2.75) is 6.32 Å². The standard InChI is InChI=1S/C11H12BNO/c12-6-8-14-11-5-7-13-10-4-2-1-3-9(10)11/h1-5,7H,6,8,12H2. The van der Waals surface area contributed by atoms with Crippen LogP contribution >= 0.6 is 0 Å². The van der Waals surface area contributed by atoms with E-state index in [1.165, 1.54) is 0 Å². The van der Waals surface area contributed by atoms with E-state index in [1.807, 2.05) is 30.3 Å². The molecular formula is C11H12BNO. The van der Waals surface area contributed by atoms with Gasteiger partial charge in [0.05, 0.1) is 12.1 Å². The van der Waals surface area contributed by atoms with Crippen LogP contribution in [0.15, 0.2) is 36.5 Å². The molecule has 2 aromatic rings. The van der Waals surface area contributed by atoms with Gasteiger partial charge in [0.2, 0.25) is 0 Å². The molecule has 0 amide bonds. The molecule has 0 saturated heterocycles. The van der Waals surface area contributed by atoms with Crippen molar-refractivity contribution in [3.05, 3.63) is 36.5 Å². The molecule has 0 atom stereocenters. The summed E-state index contributed by atoms with van der Waals surface area (Å²) in [5.74, 6) is 0.928. The molecule has 2 rings (SSSR count). The Morgan fingerprint density at radius 1 is 1.21 bits per heavy atom. The molecule has 0 aliphatic carbocycles. The Balaban J connectivity index is 2.43. The van der Waals surface area contributed by atoms with Gasteiger partial charge in [0.15, 0.2) is 0 Å². The van der Waals surface area contributed by atoms with Crippen molar-refractivity contribution >= 4 is 18.7 Å². The molecule has 0 bridgehead atoms. The summed E-state index contributed by atoms with van der Waals surface area (Å²) >= 11 is 0. The zero-order valence-corrected chi connectivity index (χ0v) is 8.23. The highest BCUT2D eigenvalue weighted by atomic mass is 16.5. The summed E-state index contributed by atoms with van der Waals surface area (Å²) in [5, 5.41) is 1.09. The minimum Gasteiger partial charge on any atom is -0.494 e. The van der Waals surface area contributed by atoms with Gasteiger partial charge in [0, 0.05) is 11.6 Å². The van der Waals surface area contributed by atoms with Crippen LogP contribution in [0.25, 0.3) is 10.9 Å². The van der Waals surface area contributed by atoms with Gasteiger partial charge in [-0.15, -0.1) is 0 Å². The predicted molar refractivity (Wildman–Crippen MR) is 60.6 cm³/mol. The highest BCUT2D eigenvalue weighted by Gasteiger charge is 2.00. The maximum absolute atomic E-state index is 5.63. The van der Waals surface area contributed by atoms with Crippen LogP contribution in [0.1, 0.15) is 0 Å². The number of nitrogens with zero attached hydrogens (tertiary/aromatic N) is 1. The Morgan fingerprint density at radius 3 is 2.93 bits per heavy atom. The fraction of sp³-hybridized carbons (Fsp3) is 0.182. The average molecular weight is 185 g/mol. The summed E-state index contributed by atoms with van der Waals surface area (Å²) in [6, 6.07) is 9.93. The van der Waals surface area contributed by atoms with Gasteiger partial charge in [-0.25, -0.2) is 0 Å². The Labute approximate surface area is 84.3 Å². The minimum atomic E-state index is 0.758. The second kappa shape index (κ2) is 4.14. The van der Waals surface area contributed by atoms with Gasteiger partial charge in [0.1, 0.15) is 13.6 Å². The number of hydrogen-bond donors (Lipinski definition) is 0. The summed E-state index contributed by atoms with van der Waals surface area (Å²) in [4.78, 5) is 4.27. The largest absolute Gasteiger partial charge is 0.494 e. The number of benzene rings is 1. The van der Waals surface area contributed by atoms with Gasteiger partial charge >= 0.3 is 0 Å². The first kappa shape index (κ1) is 9.07. The number of para-hydroxylation sites is 1. The van der Waals surface area contributed by atoms with E-state index in [0.717, 1.165) is 29.6 Å². The SMILES string of the molecule is BCCOc1ccnc2ccccc12. The van der Waals surface area contributed by atoms with Crippen LogP contribution in [0.3, 0.4) is 0 Å². The lowest BCUT2D eigenvalue weighted by atomic mass is 10.1. The second-order valence-corrected chi connectivity index (χ2v) is 3.17. The maximum Gasteiger partial charge on any atom is 0.130 e. The lowest BCUT2D eigenvalue weighted by Gasteiger charge is -2.06. The van der Waals surface area contributed by atoms with Crippen LogP contribution in [0.2, 0.25) is 6.32 Å². The van der Waals surface area contributed by atoms with Crippen LogP contribution in [0, 0.1) is 0 Å². The van der Waals surface area contributed by atoms with Crippen molar-refractivity contribution in [2.24, 2.45) is 0 Å². The summed E-state index contributed by atoms with van der Waals surface area (Å²) in [7, 11) is 2.10. The van der Waals surface area contributed by atoms with Crippen LogP contribution in [-0.2, 0) is 0 Å². The quantitative estimate of drug-likeness (QED) is 0.678. The topological polar surface area (TPSA) is 22.1 Å². The lowest BCUT2D eigenvalue weighted by Crippen LogP contribution is -1.96. The van der Waals surface area contributed by atoms with Crippen molar-refractivity contribution in [2.75, 3.05) is 6.61 Å². The molecule has 3 heteroatoms. The summed E-state index contributed by atoms with van der Waals surface area (Å²) in [6.07, 6.45) is 2.81. The first-order chi connectivity index (χ1) is 6.92. The fourth-order valence-corrected chi connectivity index (χ4v) is 1.41. The van der Waals surface area contributed by atoms with E-state index in [1.54, 1.807) is 6.20 Å². The summed E-state index contributed by atoms with van der Waals surface area (Å²) in [5.41, 5.74) is 0.987. The third-order valence-electron chi connectivity index (χ3n) is 2.07. The van der Waals surface area contributed by atoms with Crippen molar-refractivity contribution in [3.8, 4) is 5.75 Å². The molecule has 1 heterocycles. The first-order valence-corrected chi connectivity index (χ1v) is 4.88. The van der Waals surface area contributed by atoms with Crippen LogP contribution in [-0.4, -0.2) is 19.4 Å². The molecule has 0 aliphatic heterocycles. The molecule has 14 heavy (non-hydrogen) atoms. The number of rotatable bonds is 3. The fourth-order valence-electron chi connectivity index (χ4n) is 1.41. The van der Waals surface area contributed by atoms with Crippen molar-refractivity contribution in [1.82, 2.24) is 4.98 Å². The van der Waals surface area contributed by atoms with Crippen LogP contribution < -0.4 is 4.74 Å². The van der Waals surface area contributed by atoms with Crippen molar-refractivity contribution in [1.29, 1.82) is 0 Å². The van der Waals surface area contributed by atoms with Crippen molar-refractivity contribution in [3.63, 3.8) is 0 Å². The number of ether oxygens (including phenoxy) is 1. The Hall–Kier alpha value is -1.51. The van der Waals surface area contributed by atoms with Crippen molar-refractivity contribution < 1.29 is 4.74 Å². The highest BCUT2D eigenvalue weighted by molar-refractivity contribution is 6.08. The van der Waals surface area contributed by atoms with E-state index in [9.17, 15) is 0 Å². The first-order valence-electron chi connectivity index (χ1n) is 4.88. The molecule has 0 radical (unpaired) electrons. The molecule has 0 N–H and O–H groups in total. The minimum absolute atomic E-state index is 0.758. The Morgan fingerprint density at radius 2 is 2.07 bits per heavy atom. The molecule has 0 unspecified atom stereocenters. The van der Waals surface area contributed by atoms with Gasteiger partial charge in [-0.2, -0.15) is 0 Å². The number of aromatic nitrogens is 1. The van der Waals surface area contributed by atoms with Crippen LogP contribution in [0.4, 0.5) is 0 Å². The highest BCUT2D eigenvalue weighted by Crippen LogP contribution is 2.23. The smallest absolute Gasteiger partial charge is 0.130 e. The molecule has 1 aromatic carbocycles. The van der Waals surface area contributed by atoms with Gasteiger partial charge in [0.25, 0.3) is 0 Å². The van der Waals surface area contributed by atoms with E-state index in [0.29, 0.717) is 0 Å². The number of pyridine rings is 1. The molecule has 0 saturated carbocycles. The number of hydrogen-bond acceptors (Lipinski definition) is 2. The van der Waals surface area contributed by atoms with Gasteiger partial charge < -0.3 is 4.74 Å². The number of fused-ring (bicyclic) bond motifs is 1. The zero-order valence-electron chi connectivity index (χ0n) is 8.23. The lowest BCUT2D eigenvalue weighted by molar-refractivity contribution is 0.344. The monoisotopic (exact) mass is 185 g/mol. The zero-order chi connectivity index (χ0) is 9.80. The molecule has 0 aliphatic rings.